The molecule has 0 bridgehead atoms. The van der Waals surface area contributed by atoms with E-state index in [0.29, 0.717) is 19.6 Å². The second-order valence-electron chi connectivity index (χ2n) is 7.31. The van der Waals surface area contributed by atoms with Crippen LogP contribution in [0.15, 0.2) is 59.6 Å². The van der Waals surface area contributed by atoms with Crippen LogP contribution in [0.1, 0.15) is 16.7 Å². The highest BCUT2D eigenvalue weighted by atomic mass is 16.3. The molecule has 1 heterocycles. The summed E-state index contributed by atoms with van der Waals surface area (Å²) >= 11 is 0. The Labute approximate surface area is 162 Å². The van der Waals surface area contributed by atoms with E-state index >= 15 is 0 Å². The van der Waals surface area contributed by atoms with Crippen molar-refractivity contribution < 1.29 is 5.11 Å². The number of hydrogen-bond donors (Lipinski definition) is 2. The minimum absolute atomic E-state index is 0.433. The molecule has 1 aliphatic rings. The van der Waals surface area contributed by atoms with Gasteiger partial charge in [0.15, 0.2) is 5.96 Å². The molecule has 0 spiro atoms. The summed E-state index contributed by atoms with van der Waals surface area (Å²) in [5.74, 6) is 0.793. The summed E-state index contributed by atoms with van der Waals surface area (Å²) in [4.78, 5) is 8.92. The van der Waals surface area contributed by atoms with Crippen molar-refractivity contribution >= 4 is 5.96 Å². The van der Waals surface area contributed by atoms with Crippen LogP contribution < -0.4 is 5.32 Å². The van der Waals surface area contributed by atoms with Gasteiger partial charge < -0.3 is 15.3 Å². The van der Waals surface area contributed by atoms with E-state index in [4.69, 9.17) is 0 Å². The Morgan fingerprint density at radius 2 is 1.81 bits per heavy atom. The Balaban J connectivity index is 1.49. The topological polar surface area (TPSA) is 51.1 Å². The van der Waals surface area contributed by atoms with Crippen LogP contribution in [0.2, 0.25) is 0 Å². The third kappa shape index (κ3) is 5.81. The van der Waals surface area contributed by atoms with Crippen molar-refractivity contribution in [1.29, 1.82) is 0 Å². The zero-order valence-electron chi connectivity index (χ0n) is 16.3. The zero-order valence-corrected chi connectivity index (χ0v) is 16.3. The van der Waals surface area contributed by atoms with Crippen LogP contribution in [-0.4, -0.2) is 60.7 Å². The van der Waals surface area contributed by atoms with Gasteiger partial charge in [-0.2, -0.15) is 0 Å². The molecular weight excluding hydrogens is 336 g/mol. The normalized spacial score (nSPS) is 15.9. The molecule has 1 aliphatic heterocycles. The largest absolute Gasteiger partial charge is 0.390 e. The van der Waals surface area contributed by atoms with Gasteiger partial charge in [-0.3, -0.25) is 4.90 Å². The van der Waals surface area contributed by atoms with Crippen molar-refractivity contribution in [2.75, 3.05) is 33.7 Å². The van der Waals surface area contributed by atoms with E-state index in [-0.39, 0.29) is 0 Å². The summed E-state index contributed by atoms with van der Waals surface area (Å²) in [6.07, 6.45) is 0.620. The predicted molar refractivity (Wildman–Crippen MR) is 111 cm³/mol. The molecule has 0 fully saturated rings. The van der Waals surface area contributed by atoms with E-state index in [1.807, 2.05) is 37.2 Å². The molecule has 5 nitrogen and oxygen atoms in total. The minimum atomic E-state index is -0.433. The van der Waals surface area contributed by atoms with E-state index in [1.165, 1.54) is 16.7 Å². The third-order valence-corrected chi connectivity index (χ3v) is 4.85. The fourth-order valence-electron chi connectivity index (χ4n) is 3.39. The maximum atomic E-state index is 10.5. The standard InChI is InChI=1S/C22H30N4O/c1-25(2)22(23-14-18-8-4-3-5-9-18)24-15-21(27)17-26-13-12-19-10-6-7-11-20(19)16-26/h3-11,21,27H,12-17H2,1-2H3,(H,23,24). The fourth-order valence-corrected chi connectivity index (χ4v) is 3.39. The van der Waals surface area contributed by atoms with E-state index in [2.05, 4.69) is 51.6 Å². The molecule has 27 heavy (non-hydrogen) atoms. The van der Waals surface area contributed by atoms with Crippen LogP contribution >= 0.6 is 0 Å². The molecule has 2 aromatic carbocycles. The monoisotopic (exact) mass is 366 g/mol. The lowest BCUT2D eigenvalue weighted by molar-refractivity contribution is 0.107. The van der Waals surface area contributed by atoms with Crippen LogP contribution in [-0.2, 0) is 19.5 Å². The molecule has 0 radical (unpaired) electrons. The first kappa shape index (κ1) is 19.4. The van der Waals surface area contributed by atoms with E-state index in [0.717, 1.165) is 25.5 Å². The summed E-state index contributed by atoms with van der Waals surface area (Å²) in [6.45, 7) is 3.69. The van der Waals surface area contributed by atoms with Gasteiger partial charge in [0.25, 0.3) is 0 Å². The molecule has 2 N–H and O–H groups in total. The Bertz CT molecular complexity index is 745. The number of guanidine groups is 1. The molecule has 0 saturated heterocycles. The van der Waals surface area contributed by atoms with Crippen LogP contribution in [0.25, 0.3) is 0 Å². The van der Waals surface area contributed by atoms with Gasteiger partial charge in [0.05, 0.1) is 12.6 Å². The number of β-amino-alcohol motifs (C(OH)–C–C–N with tert-alkyl or cyclic N) is 1. The number of rotatable bonds is 6. The molecule has 1 unspecified atom stereocenters. The lowest BCUT2D eigenvalue weighted by Crippen LogP contribution is -2.45. The van der Waals surface area contributed by atoms with Crippen molar-refractivity contribution in [3.8, 4) is 0 Å². The lowest BCUT2D eigenvalue weighted by atomic mass is 10.00. The highest BCUT2D eigenvalue weighted by Gasteiger charge is 2.18. The molecule has 0 aromatic heterocycles. The van der Waals surface area contributed by atoms with Gasteiger partial charge in [0.1, 0.15) is 0 Å². The number of aliphatic hydroxyl groups is 1. The number of fused-ring (bicyclic) bond motifs is 1. The van der Waals surface area contributed by atoms with Crippen molar-refractivity contribution in [2.45, 2.75) is 25.6 Å². The lowest BCUT2D eigenvalue weighted by Gasteiger charge is -2.30. The molecule has 3 rings (SSSR count). The molecule has 144 valence electrons. The molecular formula is C22H30N4O. The zero-order chi connectivity index (χ0) is 19.1. The van der Waals surface area contributed by atoms with Crippen molar-refractivity contribution in [1.82, 2.24) is 15.1 Å². The summed E-state index contributed by atoms with van der Waals surface area (Å²) in [6, 6.07) is 18.8. The molecule has 0 aliphatic carbocycles. The maximum absolute atomic E-state index is 10.5. The summed E-state index contributed by atoms with van der Waals surface area (Å²) in [5.41, 5.74) is 3.98. The highest BCUT2D eigenvalue weighted by Crippen LogP contribution is 2.18. The Kier molecular flexibility index (Phi) is 6.85. The predicted octanol–water partition coefficient (Wildman–Crippen LogP) is 2.11. The number of aliphatic hydroxyl groups excluding tert-OH is 1. The second-order valence-corrected chi connectivity index (χ2v) is 7.31. The highest BCUT2D eigenvalue weighted by molar-refractivity contribution is 5.79. The van der Waals surface area contributed by atoms with Gasteiger partial charge in [-0.15, -0.1) is 0 Å². The number of aliphatic imine (C=N–C) groups is 1. The minimum Gasteiger partial charge on any atom is -0.390 e. The van der Waals surface area contributed by atoms with Crippen LogP contribution in [0.4, 0.5) is 0 Å². The van der Waals surface area contributed by atoms with E-state index in [1.54, 1.807) is 0 Å². The Morgan fingerprint density at radius 3 is 2.56 bits per heavy atom. The molecule has 2 aromatic rings. The van der Waals surface area contributed by atoms with E-state index in [9.17, 15) is 5.11 Å². The van der Waals surface area contributed by atoms with Crippen molar-refractivity contribution in [3.63, 3.8) is 0 Å². The maximum Gasteiger partial charge on any atom is 0.193 e. The first-order valence-corrected chi connectivity index (χ1v) is 9.58. The Morgan fingerprint density at radius 1 is 1.11 bits per heavy atom. The molecule has 5 heteroatoms. The summed E-state index contributed by atoms with van der Waals surface area (Å²) < 4.78 is 0. The van der Waals surface area contributed by atoms with Gasteiger partial charge >= 0.3 is 0 Å². The molecule has 1 atom stereocenters. The number of hydrogen-bond acceptors (Lipinski definition) is 3. The molecule has 0 saturated carbocycles. The van der Waals surface area contributed by atoms with Gasteiger partial charge in [-0.05, 0) is 23.1 Å². The van der Waals surface area contributed by atoms with Gasteiger partial charge in [-0.1, -0.05) is 54.6 Å². The fraction of sp³-hybridized carbons (Fsp3) is 0.409. The SMILES string of the molecule is CN(C)C(=NCc1ccccc1)NCC(O)CN1CCc2ccccc2C1. The van der Waals surface area contributed by atoms with Crippen molar-refractivity contribution in [2.24, 2.45) is 4.99 Å². The summed E-state index contributed by atoms with van der Waals surface area (Å²) in [5, 5.41) is 13.8. The van der Waals surface area contributed by atoms with Gasteiger partial charge in [-0.25, -0.2) is 4.99 Å². The third-order valence-electron chi connectivity index (χ3n) is 4.85. The van der Waals surface area contributed by atoms with Gasteiger partial charge in [0.2, 0.25) is 0 Å². The van der Waals surface area contributed by atoms with E-state index < -0.39 is 6.10 Å². The van der Waals surface area contributed by atoms with Crippen molar-refractivity contribution in [3.05, 3.63) is 71.3 Å². The quantitative estimate of drug-likeness (QED) is 0.607. The average Bonchev–Trinajstić information content (AvgIpc) is 2.68. The average molecular weight is 367 g/mol. The second kappa shape index (κ2) is 9.53. The van der Waals surface area contributed by atoms with Crippen LogP contribution in [0, 0.1) is 0 Å². The van der Waals surface area contributed by atoms with Crippen LogP contribution in [0.5, 0.6) is 0 Å². The first-order valence-electron chi connectivity index (χ1n) is 9.58. The van der Waals surface area contributed by atoms with Gasteiger partial charge in [0, 0.05) is 40.3 Å². The number of benzene rings is 2. The Hall–Kier alpha value is -2.37. The summed E-state index contributed by atoms with van der Waals surface area (Å²) in [7, 11) is 3.93. The number of nitrogens with one attached hydrogen (secondary N) is 1. The van der Waals surface area contributed by atoms with Crippen LogP contribution in [0.3, 0.4) is 0 Å². The number of nitrogens with zero attached hydrogens (tertiary/aromatic N) is 3. The smallest absolute Gasteiger partial charge is 0.193 e. The first-order chi connectivity index (χ1) is 13.1. The molecule has 0 amide bonds.